The quantitative estimate of drug-likeness (QED) is 0.817. The van der Waals surface area contributed by atoms with Crippen molar-refractivity contribution in [3.05, 3.63) is 23.8 Å². The molecule has 3 heteroatoms. The Morgan fingerprint density at radius 3 is 2.59 bits per heavy atom. The second-order valence-corrected chi connectivity index (χ2v) is 4.58. The van der Waals surface area contributed by atoms with Gasteiger partial charge in [0.2, 0.25) is 0 Å². The van der Waals surface area contributed by atoms with Gasteiger partial charge in [0.25, 0.3) is 0 Å². The lowest BCUT2D eigenvalue weighted by Gasteiger charge is -2.20. The number of ketones is 1. The molecule has 17 heavy (non-hydrogen) atoms. The van der Waals surface area contributed by atoms with Gasteiger partial charge in [0.05, 0.1) is 12.7 Å². The topological polar surface area (TPSA) is 46.5 Å². The van der Waals surface area contributed by atoms with Gasteiger partial charge in [-0.2, -0.15) is 0 Å². The van der Waals surface area contributed by atoms with Crippen LogP contribution in [0, 0.1) is 5.92 Å². The zero-order valence-corrected chi connectivity index (χ0v) is 10.1. The standard InChI is InChI=1S/C14H18O3/c1-17-11-7-8-12(13(15)9-11)14(16)10-5-3-2-4-6-10/h7-10,15H,2-6H2,1H3. The van der Waals surface area contributed by atoms with Crippen LogP contribution >= 0.6 is 0 Å². The van der Waals surface area contributed by atoms with Crippen molar-refractivity contribution in [1.29, 1.82) is 0 Å². The van der Waals surface area contributed by atoms with E-state index in [-0.39, 0.29) is 17.5 Å². The lowest BCUT2D eigenvalue weighted by molar-refractivity contribution is 0.0886. The summed E-state index contributed by atoms with van der Waals surface area (Å²) in [7, 11) is 1.54. The lowest BCUT2D eigenvalue weighted by Crippen LogP contribution is -2.17. The Bertz CT molecular complexity index is 406. The normalized spacial score (nSPS) is 16.8. The predicted octanol–water partition coefficient (Wildman–Crippen LogP) is 3.16. The van der Waals surface area contributed by atoms with Crippen molar-refractivity contribution in [2.75, 3.05) is 7.11 Å². The van der Waals surface area contributed by atoms with Gasteiger partial charge in [-0.3, -0.25) is 4.79 Å². The molecule has 1 saturated carbocycles. The summed E-state index contributed by atoms with van der Waals surface area (Å²) in [6, 6.07) is 4.87. The molecule has 0 amide bonds. The summed E-state index contributed by atoms with van der Waals surface area (Å²) in [6.07, 6.45) is 5.35. The summed E-state index contributed by atoms with van der Waals surface area (Å²) >= 11 is 0. The summed E-state index contributed by atoms with van der Waals surface area (Å²) in [4.78, 5) is 12.2. The van der Waals surface area contributed by atoms with Crippen LogP contribution < -0.4 is 4.74 Å². The second kappa shape index (κ2) is 5.21. The molecule has 3 nitrogen and oxygen atoms in total. The van der Waals surface area contributed by atoms with Gasteiger partial charge in [-0.05, 0) is 25.0 Å². The number of rotatable bonds is 3. The smallest absolute Gasteiger partial charge is 0.169 e. The lowest BCUT2D eigenvalue weighted by atomic mass is 9.83. The summed E-state index contributed by atoms with van der Waals surface area (Å²) in [5, 5.41) is 9.82. The molecule has 2 rings (SSSR count). The number of benzene rings is 1. The highest BCUT2D eigenvalue weighted by Gasteiger charge is 2.24. The Morgan fingerprint density at radius 1 is 1.29 bits per heavy atom. The number of hydrogen-bond donors (Lipinski definition) is 1. The number of aromatic hydroxyl groups is 1. The zero-order chi connectivity index (χ0) is 12.3. The second-order valence-electron chi connectivity index (χ2n) is 4.58. The Morgan fingerprint density at radius 2 is 2.00 bits per heavy atom. The van der Waals surface area contributed by atoms with Gasteiger partial charge >= 0.3 is 0 Å². The molecule has 1 aromatic carbocycles. The first-order valence-corrected chi connectivity index (χ1v) is 6.13. The van der Waals surface area contributed by atoms with Gasteiger partial charge in [0.15, 0.2) is 5.78 Å². The Labute approximate surface area is 101 Å². The number of carbonyl (C=O) groups is 1. The molecule has 1 fully saturated rings. The number of phenolic OH excluding ortho intramolecular Hbond substituents is 1. The maximum absolute atomic E-state index is 12.2. The first-order valence-electron chi connectivity index (χ1n) is 6.13. The van der Waals surface area contributed by atoms with Crippen molar-refractivity contribution in [1.82, 2.24) is 0 Å². The molecular formula is C14H18O3. The van der Waals surface area contributed by atoms with Crippen molar-refractivity contribution >= 4 is 5.78 Å². The molecule has 0 atom stereocenters. The van der Waals surface area contributed by atoms with E-state index < -0.39 is 0 Å². The fourth-order valence-corrected chi connectivity index (χ4v) is 2.43. The molecule has 0 heterocycles. The van der Waals surface area contributed by atoms with E-state index in [1.54, 1.807) is 12.1 Å². The van der Waals surface area contributed by atoms with Crippen LogP contribution in [0.3, 0.4) is 0 Å². The maximum atomic E-state index is 12.2. The van der Waals surface area contributed by atoms with E-state index in [1.807, 2.05) is 0 Å². The van der Waals surface area contributed by atoms with Gasteiger partial charge in [-0.15, -0.1) is 0 Å². The molecule has 0 saturated heterocycles. The van der Waals surface area contributed by atoms with Crippen LogP contribution in [0.2, 0.25) is 0 Å². The SMILES string of the molecule is COc1ccc(C(=O)C2CCCCC2)c(O)c1. The summed E-state index contributed by atoms with van der Waals surface area (Å²) in [5.74, 6) is 0.760. The van der Waals surface area contributed by atoms with E-state index in [4.69, 9.17) is 4.74 Å². The van der Waals surface area contributed by atoms with Crippen LogP contribution in [0.25, 0.3) is 0 Å². The van der Waals surface area contributed by atoms with Crippen LogP contribution in [0.4, 0.5) is 0 Å². The highest BCUT2D eigenvalue weighted by atomic mass is 16.5. The van der Waals surface area contributed by atoms with E-state index in [9.17, 15) is 9.90 Å². The van der Waals surface area contributed by atoms with Gasteiger partial charge in [0.1, 0.15) is 11.5 Å². The van der Waals surface area contributed by atoms with E-state index in [2.05, 4.69) is 0 Å². The van der Waals surface area contributed by atoms with Crippen molar-refractivity contribution in [2.24, 2.45) is 5.92 Å². The largest absolute Gasteiger partial charge is 0.507 e. The number of ether oxygens (including phenoxy) is 1. The zero-order valence-electron chi connectivity index (χ0n) is 10.1. The number of hydrogen-bond acceptors (Lipinski definition) is 3. The molecule has 0 aliphatic heterocycles. The predicted molar refractivity (Wildman–Crippen MR) is 65.6 cm³/mol. The third-order valence-electron chi connectivity index (χ3n) is 3.45. The van der Waals surface area contributed by atoms with Crippen molar-refractivity contribution in [3.63, 3.8) is 0 Å². The number of Topliss-reactive ketones (excluding diaryl/α,β-unsaturated/α-hetero) is 1. The van der Waals surface area contributed by atoms with E-state index in [1.165, 1.54) is 19.6 Å². The molecule has 0 spiro atoms. The Balaban J connectivity index is 2.18. The van der Waals surface area contributed by atoms with E-state index in [0.717, 1.165) is 25.7 Å². The van der Waals surface area contributed by atoms with Gasteiger partial charge in [0, 0.05) is 12.0 Å². The van der Waals surface area contributed by atoms with E-state index >= 15 is 0 Å². The van der Waals surface area contributed by atoms with Crippen LogP contribution in [0.5, 0.6) is 11.5 Å². The minimum Gasteiger partial charge on any atom is -0.507 e. The number of phenols is 1. The van der Waals surface area contributed by atoms with Crippen molar-refractivity contribution < 1.29 is 14.6 Å². The first kappa shape index (κ1) is 12.0. The van der Waals surface area contributed by atoms with Crippen LogP contribution in [-0.2, 0) is 0 Å². The molecular weight excluding hydrogens is 216 g/mol. The highest BCUT2D eigenvalue weighted by molar-refractivity contribution is 6.00. The van der Waals surface area contributed by atoms with Gasteiger partial charge < -0.3 is 9.84 Å². The average molecular weight is 234 g/mol. The average Bonchev–Trinajstić information content (AvgIpc) is 2.39. The highest BCUT2D eigenvalue weighted by Crippen LogP contribution is 2.31. The molecule has 0 bridgehead atoms. The summed E-state index contributed by atoms with van der Waals surface area (Å²) in [6.45, 7) is 0. The molecule has 1 aromatic rings. The minimum atomic E-state index is 0.0277. The van der Waals surface area contributed by atoms with Crippen LogP contribution in [0.15, 0.2) is 18.2 Å². The third kappa shape index (κ3) is 2.60. The molecule has 1 N–H and O–H groups in total. The van der Waals surface area contributed by atoms with E-state index in [0.29, 0.717) is 11.3 Å². The molecule has 1 aliphatic carbocycles. The molecule has 92 valence electrons. The first-order chi connectivity index (χ1) is 8.22. The molecule has 1 aliphatic rings. The van der Waals surface area contributed by atoms with Crippen molar-refractivity contribution in [2.45, 2.75) is 32.1 Å². The fourth-order valence-electron chi connectivity index (χ4n) is 2.43. The van der Waals surface area contributed by atoms with Gasteiger partial charge in [-0.25, -0.2) is 0 Å². The monoisotopic (exact) mass is 234 g/mol. The minimum absolute atomic E-state index is 0.0277. The fraction of sp³-hybridized carbons (Fsp3) is 0.500. The van der Waals surface area contributed by atoms with Crippen LogP contribution in [-0.4, -0.2) is 18.0 Å². The Kier molecular flexibility index (Phi) is 3.67. The number of methoxy groups -OCH3 is 1. The Hall–Kier alpha value is -1.51. The maximum Gasteiger partial charge on any atom is 0.169 e. The summed E-state index contributed by atoms with van der Waals surface area (Å²) in [5.41, 5.74) is 0.428. The molecule has 0 unspecified atom stereocenters. The third-order valence-corrected chi connectivity index (χ3v) is 3.45. The van der Waals surface area contributed by atoms with Crippen LogP contribution in [0.1, 0.15) is 42.5 Å². The van der Waals surface area contributed by atoms with Crippen molar-refractivity contribution in [3.8, 4) is 11.5 Å². The molecule has 0 aromatic heterocycles. The summed E-state index contributed by atoms with van der Waals surface area (Å²) < 4.78 is 5.00. The molecule has 0 radical (unpaired) electrons. The number of carbonyl (C=O) groups excluding carboxylic acids is 1. The van der Waals surface area contributed by atoms with Gasteiger partial charge in [-0.1, -0.05) is 19.3 Å².